The van der Waals surface area contributed by atoms with Crippen molar-refractivity contribution in [2.75, 3.05) is 0 Å². The van der Waals surface area contributed by atoms with Crippen LogP contribution >= 0.6 is 23.2 Å². The highest BCUT2D eigenvalue weighted by Gasteiger charge is 2.09. The number of aromatic amines is 1. The summed E-state index contributed by atoms with van der Waals surface area (Å²) in [6.07, 6.45) is 0. The predicted molar refractivity (Wildman–Crippen MR) is 73.2 cm³/mol. The molecule has 0 unspecified atom stereocenters. The van der Waals surface area contributed by atoms with Crippen molar-refractivity contribution in [2.45, 2.75) is 0 Å². The fourth-order valence-corrected chi connectivity index (χ4v) is 2.33. The van der Waals surface area contributed by atoms with Crippen molar-refractivity contribution >= 4 is 34.2 Å². The van der Waals surface area contributed by atoms with Gasteiger partial charge >= 0.3 is 0 Å². The maximum Gasteiger partial charge on any atom is 0.138 e. The molecule has 2 aromatic carbocycles. The van der Waals surface area contributed by atoms with Crippen molar-refractivity contribution in [3.05, 3.63) is 46.4 Å². The monoisotopic (exact) mass is 278 g/mol. The molecule has 90 valence electrons. The summed E-state index contributed by atoms with van der Waals surface area (Å²) in [5.41, 5.74) is 2.34. The Labute approximate surface area is 113 Å². The lowest BCUT2D eigenvalue weighted by atomic mass is 10.2. The van der Waals surface area contributed by atoms with Crippen LogP contribution in [0.1, 0.15) is 0 Å². The van der Waals surface area contributed by atoms with Gasteiger partial charge in [0.25, 0.3) is 0 Å². The normalized spacial score (nSPS) is 11.0. The molecule has 1 aromatic heterocycles. The Morgan fingerprint density at radius 3 is 2.50 bits per heavy atom. The van der Waals surface area contributed by atoms with Gasteiger partial charge in [-0.3, -0.25) is 0 Å². The zero-order chi connectivity index (χ0) is 12.7. The Hall–Kier alpha value is -1.71. The number of halogens is 2. The van der Waals surface area contributed by atoms with Gasteiger partial charge in [-0.25, -0.2) is 4.98 Å². The van der Waals surface area contributed by atoms with E-state index in [1.807, 2.05) is 0 Å². The molecule has 0 atom stereocenters. The Balaban J connectivity index is 2.19. The summed E-state index contributed by atoms with van der Waals surface area (Å²) in [5, 5.41) is 10.3. The maximum atomic E-state index is 9.25. The molecule has 0 saturated carbocycles. The van der Waals surface area contributed by atoms with Gasteiger partial charge in [0.1, 0.15) is 17.1 Å². The number of phenolic OH excluding ortho intramolecular Hbond substituents is 1. The first-order valence-electron chi connectivity index (χ1n) is 5.27. The summed E-state index contributed by atoms with van der Waals surface area (Å²) in [5.74, 6) is 0.908. The standard InChI is InChI=1S/C13H8Cl2N2O/c14-8-5-10(15)12-11(6-8)16-13(17-12)7-1-3-9(18)4-2-7/h1-6,18H,(H,16,17). The van der Waals surface area contributed by atoms with Crippen LogP contribution in [-0.4, -0.2) is 15.1 Å². The second-order valence-corrected chi connectivity index (χ2v) is 4.76. The number of H-pyrrole nitrogens is 1. The van der Waals surface area contributed by atoms with Crippen molar-refractivity contribution in [3.63, 3.8) is 0 Å². The fourth-order valence-electron chi connectivity index (χ4n) is 1.80. The van der Waals surface area contributed by atoms with Gasteiger partial charge < -0.3 is 10.1 Å². The molecule has 0 bridgehead atoms. The van der Waals surface area contributed by atoms with E-state index in [-0.39, 0.29) is 5.75 Å². The zero-order valence-electron chi connectivity index (χ0n) is 9.11. The molecular formula is C13H8Cl2N2O. The number of phenols is 1. The van der Waals surface area contributed by atoms with Gasteiger partial charge in [-0.05, 0) is 36.4 Å². The molecule has 0 amide bonds. The molecule has 2 N–H and O–H groups in total. The third kappa shape index (κ3) is 1.92. The van der Waals surface area contributed by atoms with Crippen LogP contribution in [0, 0.1) is 0 Å². The smallest absolute Gasteiger partial charge is 0.138 e. The Bertz CT molecular complexity index is 720. The molecule has 0 aliphatic rings. The van der Waals surface area contributed by atoms with Gasteiger partial charge in [0.05, 0.1) is 10.5 Å². The molecule has 18 heavy (non-hydrogen) atoms. The van der Waals surface area contributed by atoms with Crippen LogP contribution in [0.5, 0.6) is 5.75 Å². The number of rotatable bonds is 1. The minimum absolute atomic E-state index is 0.218. The molecular weight excluding hydrogens is 271 g/mol. The molecule has 0 aliphatic carbocycles. The van der Waals surface area contributed by atoms with Crippen molar-refractivity contribution < 1.29 is 5.11 Å². The van der Waals surface area contributed by atoms with Crippen LogP contribution in [-0.2, 0) is 0 Å². The fraction of sp³-hybridized carbons (Fsp3) is 0. The van der Waals surface area contributed by atoms with Crippen LogP contribution < -0.4 is 0 Å². The van der Waals surface area contributed by atoms with E-state index < -0.39 is 0 Å². The lowest BCUT2D eigenvalue weighted by molar-refractivity contribution is 0.475. The second-order valence-electron chi connectivity index (χ2n) is 3.92. The van der Waals surface area contributed by atoms with E-state index in [2.05, 4.69) is 9.97 Å². The third-order valence-electron chi connectivity index (χ3n) is 2.65. The zero-order valence-corrected chi connectivity index (χ0v) is 10.6. The van der Waals surface area contributed by atoms with Crippen LogP contribution in [0.25, 0.3) is 22.4 Å². The highest BCUT2D eigenvalue weighted by Crippen LogP contribution is 2.29. The number of fused-ring (bicyclic) bond motifs is 1. The van der Waals surface area contributed by atoms with Gasteiger partial charge in [0.15, 0.2) is 0 Å². The Morgan fingerprint density at radius 1 is 1.06 bits per heavy atom. The summed E-state index contributed by atoms with van der Waals surface area (Å²) in [4.78, 5) is 7.58. The molecule has 3 rings (SSSR count). The lowest BCUT2D eigenvalue weighted by Gasteiger charge is -1.95. The molecule has 3 nitrogen and oxygen atoms in total. The van der Waals surface area contributed by atoms with E-state index in [0.717, 1.165) is 11.1 Å². The summed E-state index contributed by atoms with van der Waals surface area (Å²) < 4.78 is 0. The molecule has 0 aliphatic heterocycles. The number of aromatic nitrogens is 2. The highest BCUT2D eigenvalue weighted by atomic mass is 35.5. The average Bonchev–Trinajstić information content (AvgIpc) is 2.74. The van der Waals surface area contributed by atoms with Gasteiger partial charge in [-0.2, -0.15) is 0 Å². The van der Waals surface area contributed by atoms with Gasteiger partial charge in [-0.15, -0.1) is 0 Å². The van der Waals surface area contributed by atoms with E-state index >= 15 is 0 Å². The van der Waals surface area contributed by atoms with E-state index in [4.69, 9.17) is 23.2 Å². The first-order chi connectivity index (χ1) is 8.63. The number of imidazole rings is 1. The molecule has 3 aromatic rings. The molecule has 0 fully saturated rings. The first kappa shape index (κ1) is 11.4. The van der Waals surface area contributed by atoms with Crippen LogP contribution in [0.15, 0.2) is 36.4 Å². The number of nitrogens with one attached hydrogen (secondary N) is 1. The topological polar surface area (TPSA) is 48.9 Å². The SMILES string of the molecule is Oc1ccc(-c2nc3c(Cl)cc(Cl)cc3[nH]2)cc1. The molecule has 0 spiro atoms. The van der Waals surface area contributed by atoms with Gasteiger partial charge in [0, 0.05) is 10.6 Å². The quantitative estimate of drug-likeness (QED) is 0.699. The minimum Gasteiger partial charge on any atom is -0.508 e. The van der Waals surface area contributed by atoms with Crippen molar-refractivity contribution in [1.29, 1.82) is 0 Å². The lowest BCUT2D eigenvalue weighted by Crippen LogP contribution is -1.78. The summed E-state index contributed by atoms with van der Waals surface area (Å²) in [6, 6.07) is 10.2. The van der Waals surface area contributed by atoms with E-state index in [0.29, 0.717) is 21.4 Å². The highest BCUT2D eigenvalue weighted by molar-refractivity contribution is 6.38. The van der Waals surface area contributed by atoms with E-state index in [1.165, 1.54) is 0 Å². The average molecular weight is 279 g/mol. The van der Waals surface area contributed by atoms with Crippen molar-refractivity contribution in [1.82, 2.24) is 9.97 Å². The minimum atomic E-state index is 0.218. The van der Waals surface area contributed by atoms with Crippen molar-refractivity contribution in [2.24, 2.45) is 0 Å². The Kier molecular flexibility index (Phi) is 2.65. The Morgan fingerprint density at radius 2 is 1.78 bits per heavy atom. The number of hydrogen-bond donors (Lipinski definition) is 2. The number of hydrogen-bond acceptors (Lipinski definition) is 2. The maximum absolute atomic E-state index is 9.25. The third-order valence-corrected chi connectivity index (χ3v) is 3.15. The van der Waals surface area contributed by atoms with Crippen LogP contribution in [0.3, 0.4) is 0 Å². The van der Waals surface area contributed by atoms with Crippen LogP contribution in [0.4, 0.5) is 0 Å². The second kappa shape index (κ2) is 4.19. The number of nitrogens with zero attached hydrogens (tertiary/aromatic N) is 1. The van der Waals surface area contributed by atoms with Gasteiger partial charge in [0.2, 0.25) is 0 Å². The number of aromatic hydroxyl groups is 1. The first-order valence-corrected chi connectivity index (χ1v) is 6.03. The van der Waals surface area contributed by atoms with Crippen molar-refractivity contribution in [3.8, 4) is 17.1 Å². The predicted octanol–water partition coefficient (Wildman–Crippen LogP) is 4.24. The van der Waals surface area contributed by atoms with Gasteiger partial charge in [-0.1, -0.05) is 23.2 Å². The number of benzene rings is 2. The van der Waals surface area contributed by atoms with Crippen LogP contribution in [0.2, 0.25) is 10.0 Å². The molecule has 1 heterocycles. The summed E-state index contributed by atoms with van der Waals surface area (Å²) >= 11 is 12.0. The summed E-state index contributed by atoms with van der Waals surface area (Å²) in [6.45, 7) is 0. The molecule has 0 saturated heterocycles. The summed E-state index contributed by atoms with van der Waals surface area (Å²) in [7, 11) is 0. The largest absolute Gasteiger partial charge is 0.508 e. The molecule has 0 radical (unpaired) electrons. The van der Waals surface area contributed by atoms with E-state index in [1.54, 1.807) is 36.4 Å². The molecule has 5 heteroatoms. The van der Waals surface area contributed by atoms with E-state index in [9.17, 15) is 5.11 Å².